The Kier molecular flexibility index (Phi) is 5.66. The predicted octanol–water partition coefficient (Wildman–Crippen LogP) is 1.95. The summed E-state index contributed by atoms with van der Waals surface area (Å²) in [6.45, 7) is 1.82. The standard InChI is InChI=1S/C18H22ClN3O4/c19-14-3-1-12(2-4-14)10-20-18(26)21-7-5-15(6-8-21)22-11-13(17(24)25)9-16(22)23/h1-4,13,15H,5-11H2,(H,20,26)(H,24,25). The van der Waals surface area contributed by atoms with E-state index in [4.69, 9.17) is 16.7 Å². The van der Waals surface area contributed by atoms with Crippen molar-refractivity contribution in [3.63, 3.8) is 0 Å². The Hall–Kier alpha value is -2.28. The number of urea groups is 1. The molecule has 0 spiro atoms. The highest BCUT2D eigenvalue weighted by Crippen LogP contribution is 2.25. The van der Waals surface area contributed by atoms with Crippen LogP contribution in [0.1, 0.15) is 24.8 Å². The minimum atomic E-state index is -0.917. The summed E-state index contributed by atoms with van der Waals surface area (Å²) in [5.41, 5.74) is 0.972. The number of nitrogens with one attached hydrogen (secondary N) is 1. The van der Waals surface area contributed by atoms with Crippen LogP contribution in [-0.4, -0.2) is 58.5 Å². The minimum Gasteiger partial charge on any atom is -0.481 e. The van der Waals surface area contributed by atoms with Gasteiger partial charge in [0.2, 0.25) is 5.91 Å². The second-order valence-electron chi connectivity index (χ2n) is 6.79. The van der Waals surface area contributed by atoms with Gasteiger partial charge in [-0.15, -0.1) is 0 Å². The van der Waals surface area contributed by atoms with Gasteiger partial charge in [0.1, 0.15) is 0 Å². The van der Waals surface area contributed by atoms with Crippen LogP contribution in [0, 0.1) is 5.92 Å². The Morgan fingerprint density at radius 3 is 2.42 bits per heavy atom. The molecule has 0 radical (unpaired) electrons. The number of carbonyl (C=O) groups is 3. The molecule has 2 fully saturated rings. The number of hydrogen-bond donors (Lipinski definition) is 2. The van der Waals surface area contributed by atoms with Crippen molar-refractivity contribution in [2.75, 3.05) is 19.6 Å². The molecule has 1 unspecified atom stereocenters. The zero-order chi connectivity index (χ0) is 18.7. The van der Waals surface area contributed by atoms with E-state index < -0.39 is 11.9 Å². The fraction of sp³-hybridized carbons (Fsp3) is 0.500. The molecule has 2 heterocycles. The maximum Gasteiger partial charge on any atom is 0.317 e. The number of halogens is 1. The van der Waals surface area contributed by atoms with E-state index in [1.54, 1.807) is 21.9 Å². The van der Waals surface area contributed by atoms with Crippen molar-refractivity contribution in [2.24, 2.45) is 5.92 Å². The van der Waals surface area contributed by atoms with E-state index in [0.29, 0.717) is 37.5 Å². The molecule has 140 valence electrons. The first-order chi connectivity index (χ1) is 12.4. The molecule has 0 bridgehead atoms. The molecule has 1 atom stereocenters. The third kappa shape index (κ3) is 4.27. The van der Waals surface area contributed by atoms with E-state index in [0.717, 1.165) is 5.56 Å². The first-order valence-electron chi connectivity index (χ1n) is 8.73. The lowest BCUT2D eigenvalue weighted by Gasteiger charge is -2.36. The molecule has 0 aliphatic carbocycles. The largest absolute Gasteiger partial charge is 0.481 e. The van der Waals surface area contributed by atoms with Crippen LogP contribution in [0.4, 0.5) is 4.79 Å². The van der Waals surface area contributed by atoms with E-state index in [9.17, 15) is 14.4 Å². The van der Waals surface area contributed by atoms with E-state index in [-0.39, 0.29) is 30.9 Å². The predicted molar refractivity (Wildman–Crippen MR) is 95.7 cm³/mol. The summed E-state index contributed by atoms with van der Waals surface area (Å²) < 4.78 is 0. The van der Waals surface area contributed by atoms with E-state index in [1.807, 2.05) is 12.1 Å². The summed E-state index contributed by atoms with van der Waals surface area (Å²) >= 11 is 5.84. The maximum atomic E-state index is 12.3. The van der Waals surface area contributed by atoms with Gasteiger partial charge in [0.25, 0.3) is 0 Å². The third-order valence-electron chi connectivity index (χ3n) is 5.06. The molecule has 3 rings (SSSR count). The summed E-state index contributed by atoms with van der Waals surface area (Å²) in [6.07, 6.45) is 1.43. The minimum absolute atomic E-state index is 0.0205. The molecule has 1 aromatic carbocycles. The Bertz CT molecular complexity index is 686. The van der Waals surface area contributed by atoms with Crippen molar-refractivity contribution in [1.29, 1.82) is 0 Å². The molecule has 2 N–H and O–H groups in total. The number of carboxylic acids is 1. The van der Waals surface area contributed by atoms with E-state index in [2.05, 4.69) is 5.32 Å². The van der Waals surface area contributed by atoms with Crippen molar-refractivity contribution in [3.8, 4) is 0 Å². The number of amides is 3. The lowest BCUT2D eigenvalue weighted by molar-refractivity contribution is -0.141. The van der Waals surface area contributed by atoms with Crippen molar-refractivity contribution < 1.29 is 19.5 Å². The van der Waals surface area contributed by atoms with Crippen LogP contribution in [0.3, 0.4) is 0 Å². The Balaban J connectivity index is 1.46. The van der Waals surface area contributed by atoms with Crippen molar-refractivity contribution in [2.45, 2.75) is 31.8 Å². The number of carboxylic acid groups (broad SMARTS) is 1. The Labute approximate surface area is 156 Å². The van der Waals surface area contributed by atoms with Crippen LogP contribution in [-0.2, 0) is 16.1 Å². The number of aliphatic carboxylic acids is 1. The van der Waals surface area contributed by atoms with Gasteiger partial charge in [-0.05, 0) is 30.5 Å². The van der Waals surface area contributed by atoms with Crippen molar-refractivity contribution >= 4 is 29.5 Å². The summed E-state index contributed by atoms with van der Waals surface area (Å²) in [7, 11) is 0. The van der Waals surface area contributed by atoms with Crippen LogP contribution in [0.5, 0.6) is 0 Å². The molecule has 3 amide bonds. The van der Waals surface area contributed by atoms with Crippen LogP contribution in [0.25, 0.3) is 0 Å². The van der Waals surface area contributed by atoms with Gasteiger partial charge in [0.05, 0.1) is 5.92 Å². The highest BCUT2D eigenvalue weighted by atomic mass is 35.5. The first kappa shape index (κ1) is 18.5. The lowest BCUT2D eigenvalue weighted by atomic mass is 10.0. The molecular formula is C18H22ClN3O4. The van der Waals surface area contributed by atoms with Gasteiger partial charge in [-0.2, -0.15) is 0 Å². The fourth-order valence-electron chi connectivity index (χ4n) is 3.52. The third-order valence-corrected chi connectivity index (χ3v) is 5.31. The molecule has 26 heavy (non-hydrogen) atoms. The summed E-state index contributed by atoms with van der Waals surface area (Å²) in [5, 5.41) is 12.6. The lowest BCUT2D eigenvalue weighted by Crippen LogP contribution is -2.49. The number of nitrogens with zero attached hydrogens (tertiary/aromatic N) is 2. The quantitative estimate of drug-likeness (QED) is 0.836. The second kappa shape index (κ2) is 7.95. The molecule has 7 nitrogen and oxygen atoms in total. The van der Waals surface area contributed by atoms with Gasteiger partial charge in [-0.25, -0.2) is 4.79 Å². The van der Waals surface area contributed by atoms with E-state index in [1.165, 1.54) is 0 Å². The Morgan fingerprint density at radius 2 is 1.85 bits per heavy atom. The van der Waals surface area contributed by atoms with Gasteiger partial charge >= 0.3 is 12.0 Å². The second-order valence-corrected chi connectivity index (χ2v) is 7.23. The molecule has 2 aliphatic rings. The fourth-order valence-corrected chi connectivity index (χ4v) is 3.65. The Morgan fingerprint density at radius 1 is 1.19 bits per heavy atom. The SMILES string of the molecule is O=C(O)C1CC(=O)N(C2CCN(C(=O)NCc3ccc(Cl)cc3)CC2)C1. The zero-order valence-electron chi connectivity index (χ0n) is 14.4. The van der Waals surface area contributed by atoms with Crippen LogP contribution >= 0.6 is 11.6 Å². The van der Waals surface area contributed by atoms with Crippen molar-refractivity contribution in [1.82, 2.24) is 15.1 Å². The van der Waals surface area contributed by atoms with Crippen LogP contribution in [0.15, 0.2) is 24.3 Å². The van der Waals surface area contributed by atoms with Gasteiger partial charge in [0.15, 0.2) is 0 Å². The molecule has 0 aromatic heterocycles. The topological polar surface area (TPSA) is 90.0 Å². The van der Waals surface area contributed by atoms with Gasteiger partial charge in [-0.3, -0.25) is 9.59 Å². The molecular weight excluding hydrogens is 358 g/mol. The summed E-state index contributed by atoms with van der Waals surface area (Å²) in [5.74, 6) is -1.62. The average Bonchev–Trinajstić information content (AvgIpc) is 3.03. The average molecular weight is 380 g/mol. The van der Waals surface area contributed by atoms with E-state index >= 15 is 0 Å². The number of rotatable bonds is 4. The molecule has 0 saturated carbocycles. The normalized spacial score (nSPS) is 21.1. The first-order valence-corrected chi connectivity index (χ1v) is 9.11. The highest BCUT2D eigenvalue weighted by molar-refractivity contribution is 6.30. The number of benzene rings is 1. The summed E-state index contributed by atoms with van der Waals surface area (Å²) in [6, 6.07) is 7.19. The van der Waals surface area contributed by atoms with Gasteiger partial charge in [0, 0.05) is 43.7 Å². The highest BCUT2D eigenvalue weighted by Gasteiger charge is 2.39. The van der Waals surface area contributed by atoms with Crippen molar-refractivity contribution in [3.05, 3.63) is 34.9 Å². The number of piperidine rings is 1. The molecule has 2 saturated heterocycles. The molecule has 2 aliphatic heterocycles. The molecule has 8 heteroatoms. The van der Waals surface area contributed by atoms with Crippen LogP contribution < -0.4 is 5.32 Å². The molecule has 1 aromatic rings. The number of hydrogen-bond acceptors (Lipinski definition) is 3. The zero-order valence-corrected chi connectivity index (χ0v) is 15.1. The smallest absolute Gasteiger partial charge is 0.317 e. The summed E-state index contributed by atoms with van der Waals surface area (Å²) in [4.78, 5) is 38.8. The van der Waals surface area contributed by atoms with Gasteiger partial charge in [-0.1, -0.05) is 23.7 Å². The van der Waals surface area contributed by atoms with Gasteiger partial charge < -0.3 is 20.2 Å². The maximum absolute atomic E-state index is 12.3. The number of likely N-dealkylation sites (tertiary alicyclic amines) is 2. The monoisotopic (exact) mass is 379 g/mol. The number of carbonyl (C=O) groups excluding carboxylic acids is 2. The van der Waals surface area contributed by atoms with Crippen LogP contribution in [0.2, 0.25) is 5.02 Å².